The summed E-state index contributed by atoms with van der Waals surface area (Å²) in [6.07, 6.45) is 102. The van der Waals surface area contributed by atoms with Crippen LogP contribution in [0.25, 0.3) is 0 Å². The van der Waals surface area contributed by atoms with Crippen LogP contribution in [-0.2, 0) is 14.3 Å². The first-order valence-corrected chi connectivity index (χ1v) is 42.8. The van der Waals surface area contributed by atoms with Crippen LogP contribution in [0, 0.1) is 0 Å². The molecule has 0 spiro atoms. The number of carbonyl (C=O) groups excluding carboxylic acids is 2. The second kappa shape index (κ2) is 81.3. The molecule has 6 heteroatoms. The Kier molecular flexibility index (Phi) is 80.3. The van der Waals surface area contributed by atoms with Crippen molar-refractivity contribution in [3.05, 3.63) is 0 Å². The van der Waals surface area contributed by atoms with Crippen LogP contribution in [0.5, 0.6) is 0 Å². The summed E-state index contributed by atoms with van der Waals surface area (Å²) in [6.45, 7) is 5.03. The van der Waals surface area contributed by atoms with Crippen LogP contribution in [0.3, 0.4) is 0 Å². The Morgan fingerprint density at radius 3 is 0.670 bits per heavy atom. The predicted octanol–water partition coefficient (Wildman–Crippen LogP) is 28.4. The molecule has 0 rings (SSSR count). The molecule has 0 aromatic heterocycles. The summed E-state index contributed by atoms with van der Waals surface area (Å²) < 4.78 is 5.53. The molecule has 1 amide bonds. The average molecular weight is 1290 g/mol. The van der Waals surface area contributed by atoms with Crippen molar-refractivity contribution in [1.29, 1.82) is 0 Å². The summed E-state index contributed by atoms with van der Waals surface area (Å²) in [6, 6.07) is -0.538. The van der Waals surface area contributed by atoms with E-state index in [1.807, 2.05) is 0 Å². The quantitative estimate of drug-likeness (QED) is 0.0417. The van der Waals surface area contributed by atoms with Crippen molar-refractivity contribution in [2.24, 2.45) is 0 Å². The van der Waals surface area contributed by atoms with E-state index in [9.17, 15) is 19.8 Å². The number of amides is 1. The zero-order valence-electron chi connectivity index (χ0n) is 62.6. The van der Waals surface area contributed by atoms with Crippen molar-refractivity contribution >= 4 is 11.9 Å². The minimum absolute atomic E-state index is 0.0236. The number of hydrogen-bond donors (Lipinski definition) is 3. The fraction of sp³-hybridized carbons (Fsp3) is 0.976. The third kappa shape index (κ3) is 77.7. The number of rotatable bonds is 82. The van der Waals surface area contributed by atoms with Gasteiger partial charge in [0.25, 0.3) is 0 Å². The Morgan fingerprint density at radius 1 is 0.264 bits per heavy atom. The summed E-state index contributed by atoms with van der Waals surface area (Å²) in [5, 5.41) is 23.5. The molecule has 0 aliphatic heterocycles. The molecular formula is C85H169NO5. The van der Waals surface area contributed by atoms with E-state index in [-0.39, 0.29) is 18.5 Å². The van der Waals surface area contributed by atoms with Gasteiger partial charge >= 0.3 is 5.97 Å². The first kappa shape index (κ1) is 89.9. The minimum Gasteiger partial charge on any atom is -0.466 e. The highest BCUT2D eigenvalue weighted by atomic mass is 16.5. The second-order valence-electron chi connectivity index (χ2n) is 29.9. The van der Waals surface area contributed by atoms with E-state index in [2.05, 4.69) is 19.2 Å². The van der Waals surface area contributed by atoms with Crippen LogP contribution in [-0.4, -0.2) is 47.4 Å². The summed E-state index contributed by atoms with van der Waals surface area (Å²) in [7, 11) is 0. The number of aliphatic hydroxyl groups is 2. The minimum atomic E-state index is -0.662. The maximum absolute atomic E-state index is 12.6. The first-order valence-electron chi connectivity index (χ1n) is 42.8. The number of hydrogen-bond acceptors (Lipinski definition) is 5. The standard InChI is InChI=1S/C85H169NO5/c1-3-5-7-9-11-13-15-17-19-21-23-24-35-38-42-45-49-53-57-61-65-69-73-77-83(88)82(81-87)86-84(89)78-74-70-66-62-58-54-50-46-43-39-36-33-31-29-27-25-26-28-30-32-34-37-40-44-48-52-56-60-64-68-72-76-80-91-85(90)79-75-71-67-63-59-55-51-47-41-22-20-18-16-14-12-10-8-6-4-2/h82-83,87-88H,3-81H2,1-2H3,(H,86,89). The van der Waals surface area contributed by atoms with E-state index in [4.69, 9.17) is 4.74 Å². The zero-order chi connectivity index (χ0) is 65.6. The molecule has 0 heterocycles. The van der Waals surface area contributed by atoms with Crippen LogP contribution in [0.2, 0.25) is 0 Å². The van der Waals surface area contributed by atoms with Gasteiger partial charge in [-0.25, -0.2) is 0 Å². The molecule has 0 saturated carbocycles. The molecule has 0 saturated heterocycles. The van der Waals surface area contributed by atoms with Gasteiger partial charge in [-0.3, -0.25) is 9.59 Å². The summed E-state index contributed by atoms with van der Waals surface area (Å²) in [4.78, 5) is 24.7. The number of nitrogens with one attached hydrogen (secondary N) is 1. The van der Waals surface area contributed by atoms with Crippen LogP contribution < -0.4 is 5.32 Å². The molecule has 0 aliphatic carbocycles. The van der Waals surface area contributed by atoms with Crippen LogP contribution in [0.1, 0.15) is 508 Å². The highest BCUT2D eigenvalue weighted by molar-refractivity contribution is 5.76. The molecule has 0 radical (unpaired) electrons. The van der Waals surface area contributed by atoms with E-state index in [0.29, 0.717) is 25.9 Å². The lowest BCUT2D eigenvalue weighted by atomic mass is 10.0. The van der Waals surface area contributed by atoms with Crippen molar-refractivity contribution in [2.45, 2.75) is 520 Å². The van der Waals surface area contributed by atoms with Gasteiger partial charge in [0.1, 0.15) is 0 Å². The van der Waals surface area contributed by atoms with E-state index < -0.39 is 12.1 Å². The van der Waals surface area contributed by atoms with Gasteiger partial charge < -0.3 is 20.3 Å². The first-order chi connectivity index (χ1) is 45.0. The van der Waals surface area contributed by atoms with Gasteiger partial charge in [0.15, 0.2) is 0 Å². The third-order valence-corrected chi connectivity index (χ3v) is 20.7. The van der Waals surface area contributed by atoms with Gasteiger partial charge in [0.05, 0.1) is 25.4 Å². The van der Waals surface area contributed by atoms with Crippen LogP contribution in [0.15, 0.2) is 0 Å². The summed E-state index contributed by atoms with van der Waals surface area (Å²) in [5.41, 5.74) is 0. The fourth-order valence-electron chi connectivity index (χ4n) is 14.2. The molecular weight excluding hydrogens is 1110 g/mol. The fourth-order valence-corrected chi connectivity index (χ4v) is 14.2. The predicted molar refractivity (Wildman–Crippen MR) is 403 cm³/mol. The molecule has 0 bridgehead atoms. The Labute approximate surface area is 572 Å². The maximum Gasteiger partial charge on any atom is 0.305 e. The van der Waals surface area contributed by atoms with Crippen molar-refractivity contribution in [3.63, 3.8) is 0 Å². The van der Waals surface area contributed by atoms with E-state index in [0.717, 1.165) is 38.5 Å². The third-order valence-electron chi connectivity index (χ3n) is 20.7. The average Bonchev–Trinajstić information content (AvgIpc) is 3.66. The SMILES string of the molecule is CCCCCCCCCCCCCCCCCCCCCCCCCC(O)C(CO)NC(=O)CCCCCCCCCCCCCCCCCCCCCCCCCCCCCCCCCCOC(=O)CCCCCCCCCCCCCCCCCCCCC. The van der Waals surface area contributed by atoms with Crippen molar-refractivity contribution < 1.29 is 24.5 Å². The number of carbonyl (C=O) groups is 2. The van der Waals surface area contributed by atoms with Gasteiger partial charge in [-0.15, -0.1) is 0 Å². The van der Waals surface area contributed by atoms with Gasteiger partial charge in [-0.1, -0.05) is 470 Å². The van der Waals surface area contributed by atoms with E-state index in [1.165, 1.54) is 437 Å². The highest BCUT2D eigenvalue weighted by Gasteiger charge is 2.20. The van der Waals surface area contributed by atoms with Crippen LogP contribution in [0.4, 0.5) is 0 Å². The summed E-state index contributed by atoms with van der Waals surface area (Å²) in [5.74, 6) is 0.00426. The lowest BCUT2D eigenvalue weighted by Gasteiger charge is -2.22. The lowest BCUT2D eigenvalue weighted by molar-refractivity contribution is -0.143. The second-order valence-corrected chi connectivity index (χ2v) is 29.9. The van der Waals surface area contributed by atoms with Crippen molar-refractivity contribution in [3.8, 4) is 0 Å². The number of esters is 1. The Bertz CT molecular complexity index is 1340. The molecule has 6 nitrogen and oxygen atoms in total. The van der Waals surface area contributed by atoms with Crippen molar-refractivity contribution in [1.82, 2.24) is 5.32 Å². The number of aliphatic hydroxyl groups excluding tert-OH is 2. The Hall–Kier alpha value is -1.14. The van der Waals surface area contributed by atoms with Gasteiger partial charge in [-0.05, 0) is 25.7 Å². The maximum atomic E-state index is 12.6. The molecule has 0 aromatic carbocycles. The molecule has 0 aromatic rings. The normalized spacial score (nSPS) is 12.4. The Morgan fingerprint density at radius 2 is 0.451 bits per heavy atom. The largest absolute Gasteiger partial charge is 0.466 e. The van der Waals surface area contributed by atoms with Gasteiger partial charge in [-0.2, -0.15) is 0 Å². The highest BCUT2D eigenvalue weighted by Crippen LogP contribution is 2.21. The summed E-state index contributed by atoms with van der Waals surface area (Å²) >= 11 is 0. The molecule has 2 unspecified atom stereocenters. The van der Waals surface area contributed by atoms with Gasteiger partial charge in [0.2, 0.25) is 5.91 Å². The molecule has 0 aliphatic rings. The van der Waals surface area contributed by atoms with Crippen molar-refractivity contribution in [2.75, 3.05) is 13.2 Å². The Balaban J connectivity index is 3.30. The lowest BCUT2D eigenvalue weighted by Crippen LogP contribution is -2.45. The topological polar surface area (TPSA) is 95.9 Å². The van der Waals surface area contributed by atoms with E-state index >= 15 is 0 Å². The van der Waals surface area contributed by atoms with E-state index in [1.54, 1.807) is 0 Å². The molecule has 3 N–H and O–H groups in total. The zero-order valence-corrected chi connectivity index (χ0v) is 62.6. The number of unbranched alkanes of at least 4 members (excludes halogenated alkanes) is 71. The monoisotopic (exact) mass is 1280 g/mol. The number of ether oxygens (including phenoxy) is 1. The molecule has 0 fully saturated rings. The van der Waals surface area contributed by atoms with Crippen LogP contribution >= 0.6 is 0 Å². The molecule has 91 heavy (non-hydrogen) atoms. The smallest absolute Gasteiger partial charge is 0.305 e. The molecule has 2 atom stereocenters. The van der Waals surface area contributed by atoms with Gasteiger partial charge in [0, 0.05) is 12.8 Å². The molecule has 544 valence electrons.